The molecule has 0 bridgehead atoms. The molecule has 0 saturated heterocycles. The van der Waals surface area contributed by atoms with Crippen molar-refractivity contribution >= 4 is 19.4 Å². The van der Waals surface area contributed by atoms with Gasteiger partial charge in [0.25, 0.3) is 0 Å². The summed E-state index contributed by atoms with van der Waals surface area (Å²) in [4.78, 5) is 27.8. The van der Waals surface area contributed by atoms with Crippen molar-refractivity contribution in [3.8, 4) is 5.75 Å². The van der Waals surface area contributed by atoms with E-state index in [2.05, 4.69) is 32.9 Å². The Kier molecular flexibility index (Phi) is 8.22. The predicted octanol–water partition coefficient (Wildman–Crippen LogP) is 7.68. The molecule has 0 N–H and O–H groups in total. The summed E-state index contributed by atoms with van der Waals surface area (Å²) in [7, 11) is -4.02. The van der Waals surface area contributed by atoms with E-state index in [4.69, 9.17) is 13.6 Å². The standard InChI is InChI=1S/C31H36NO6P/c1-4-6-10-17-36-39(35,37-18-11-7-5-2)38-26-16-12-15-24-27(26)31(34)25-20-32-19-22-13-8-9-14-23(22)21(3)29(32)28(25)30(24)33/h8-9,12-16,20-21H,4-7,10-11,17-19H2,1-3H3. The van der Waals surface area contributed by atoms with Crippen LogP contribution in [0.2, 0.25) is 0 Å². The first-order chi connectivity index (χ1) is 18.9. The molecule has 0 amide bonds. The number of hydrogen-bond donors (Lipinski definition) is 0. The average Bonchev–Trinajstić information content (AvgIpc) is 3.33. The van der Waals surface area contributed by atoms with Crippen molar-refractivity contribution in [1.82, 2.24) is 4.57 Å². The first kappa shape index (κ1) is 27.6. The van der Waals surface area contributed by atoms with Gasteiger partial charge in [0.05, 0.1) is 29.9 Å². The molecule has 3 aromatic rings. The Labute approximate surface area is 230 Å². The van der Waals surface area contributed by atoms with Gasteiger partial charge in [0.2, 0.25) is 0 Å². The monoisotopic (exact) mass is 549 g/mol. The van der Waals surface area contributed by atoms with E-state index in [1.54, 1.807) is 24.4 Å². The number of unbranched alkanes of at least 4 members (excludes halogenated alkanes) is 4. The Balaban J connectivity index is 1.48. The first-order valence-electron chi connectivity index (χ1n) is 14.0. The molecule has 0 saturated carbocycles. The summed E-state index contributed by atoms with van der Waals surface area (Å²) >= 11 is 0. The Hall–Kier alpha value is -2.99. The van der Waals surface area contributed by atoms with Gasteiger partial charge in [-0.2, -0.15) is 0 Å². The smallest absolute Gasteiger partial charge is 0.403 e. The molecule has 206 valence electrons. The molecule has 5 rings (SSSR count). The fourth-order valence-electron chi connectivity index (χ4n) is 5.58. The van der Waals surface area contributed by atoms with Crippen LogP contribution in [0.25, 0.3) is 0 Å². The molecule has 2 heterocycles. The van der Waals surface area contributed by atoms with Gasteiger partial charge in [-0.3, -0.25) is 18.6 Å². The van der Waals surface area contributed by atoms with Crippen LogP contribution < -0.4 is 4.52 Å². The molecule has 0 radical (unpaired) electrons. The number of rotatable bonds is 12. The van der Waals surface area contributed by atoms with Gasteiger partial charge in [0.15, 0.2) is 11.6 Å². The Morgan fingerprint density at radius 2 is 1.51 bits per heavy atom. The van der Waals surface area contributed by atoms with Crippen LogP contribution in [0.15, 0.2) is 48.7 Å². The first-order valence-corrected chi connectivity index (χ1v) is 15.5. The van der Waals surface area contributed by atoms with Crippen LogP contribution in [0, 0.1) is 0 Å². The second-order valence-corrected chi connectivity index (χ2v) is 11.9. The van der Waals surface area contributed by atoms with Crippen LogP contribution in [-0.2, 0) is 20.2 Å². The molecular formula is C31H36NO6P. The van der Waals surface area contributed by atoms with Crippen molar-refractivity contribution < 1.29 is 27.7 Å². The van der Waals surface area contributed by atoms with Crippen LogP contribution in [-0.4, -0.2) is 29.3 Å². The minimum Gasteiger partial charge on any atom is -0.403 e. The topological polar surface area (TPSA) is 83.8 Å². The third-order valence-electron chi connectivity index (χ3n) is 7.57. The minimum absolute atomic E-state index is 0.0373. The fourth-order valence-corrected chi connectivity index (χ4v) is 6.86. The molecule has 1 aliphatic heterocycles. The molecule has 2 aliphatic rings. The minimum atomic E-state index is -4.02. The molecule has 8 heteroatoms. The molecule has 1 aliphatic carbocycles. The zero-order valence-electron chi connectivity index (χ0n) is 22.9. The highest BCUT2D eigenvalue weighted by molar-refractivity contribution is 7.48. The lowest BCUT2D eigenvalue weighted by Gasteiger charge is -2.27. The molecule has 7 nitrogen and oxygen atoms in total. The van der Waals surface area contributed by atoms with Gasteiger partial charge in [0, 0.05) is 29.9 Å². The summed E-state index contributed by atoms with van der Waals surface area (Å²) < 4.78 is 32.9. The average molecular weight is 550 g/mol. The number of phosphoric acid groups is 1. The maximum absolute atomic E-state index is 13.9. The molecule has 0 fully saturated rings. The van der Waals surface area contributed by atoms with E-state index >= 15 is 0 Å². The molecule has 1 aromatic heterocycles. The van der Waals surface area contributed by atoms with E-state index < -0.39 is 7.82 Å². The third kappa shape index (κ3) is 5.28. The van der Waals surface area contributed by atoms with Crippen LogP contribution >= 0.6 is 7.82 Å². The normalized spacial score (nSPS) is 15.9. The van der Waals surface area contributed by atoms with E-state index in [1.165, 1.54) is 5.56 Å². The van der Waals surface area contributed by atoms with Gasteiger partial charge in [-0.15, -0.1) is 0 Å². The van der Waals surface area contributed by atoms with Crippen LogP contribution in [0.3, 0.4) is 0 Å². The second-order valence-electron chi connectivity index (χ2n) is 10.3. The van der Waals surface area contributed by atoms with E-state index in [-0.39, 0.29) is 47.6 Å². The molecule has 0 spiro atoms. The fraction of sp³-hybridized carbons (Fsp3) is 0.419. The van der Waals surface area contributed by atoms with Crippen molar-refractivity contribution in [2.75, 3.05) is 13.2 Å². The second kappa shape index (κ2) is 11.6. The van der Waals surface area contributed by atoms with E-state index in [0.29, 0.717) is 30.5 Å². The lowest BCUT2D eigenvalue weighted by atomic mass is 9.81. The van der Waals surface area contributed by atoms with Crippen LogP contribution in [0.1, 0.15) is 114 Å². The zero-order chi connectivity index (χ0) is 27.6. The molecule has 2 aromatic carbocycles. The van der Waals surface area contributed by atoms with Gasteiger partial charge in [0.1, 0.15) is 5.75 Å². The van der Waals surface area contributed by atoms with Crippen molar-refractivity contribution in [3.05, 3.63) is 87.7 Å². The number of fused-ring (bicyclic) bond motifs is 5. The highest BCUT2D eigenvalue weighted by Crippen LogP contribution is 2.52. The summed E-state index contributed by atoms with van der Waals surface area (Å²) in [5, 5.41) is 0. The number of carbonyl (C=O) groups is 2. The third-order valence-corrected chi connectivity index (χ3v) is 8.98. The Morgan fingerprint density at radius 3 is 2.21 bits per heavy atom. The van der Waals surface area contributed by atoms with E-state index in [0.717, 1.165) is 36.9 Å². The van der Waals surface area contributed by atoms with Crippen LogP contribution in [0.5, 0.6) is 5.75 Å². The number of aromatic nitrogens is 1. The Morgan fingerprint density at radius 1 is 0.846 bits per heavy atom. The van der Waals surface area contributed by atoms with Gasteiger partial charge in [-0.05, 0) is 30.0 Å². The van der Waals surface area contributed by atoms with Crippen LogP contribution in [0.4, 0.5) is 0 Å². The van der Waals surface area contributed by atoms with Gasteiger partial charge < -0.3 is 9.09 Å². The summed E-state index contributed by atoms with van der Waals surface area (Å²) in [5.41, 5.74) is 4.33. The zero-order valence-corrected chi connectivity index (χ0v) is 23.8. The maximum Gasteiger partial charge on any atom is 0.530 e. The largest absolute Gasteiger partial charge is 0.530 e. The lowest BCUT2D eigenvalue weighted by Crippen LogP contribution is -2.23. The quantitative estimate of drug-likeness (QED) is 0.133. The summed E-state index contributed by atoms with van der Waals surface area (Å²) in [6.45, 7) is 7.24. The summed E-state index contributed by atoms with van der Waals surface area (Å²) in [5.74, 6) is -0.541. The number of ketones is 2. The molecule has 39 heavy (non-hydrogen) atoms. The van der Waals surface area contributed by atoms with Gasteiger partial charge in [-0.1, -0.05) is 82.9 Å². The highest BCUT2D eigenvalue weighted by atomic mass is 31.2. The molecule has 1 atom stereocenters. The van der Waals surface area contributed by atoms with Crippen molar-refractivity contribution in [3.63, 3.8) is 0 Å². The van der Waals surface area contributed by atoms with Crippen molar-refractivity contribution in [2.24, 2.45) is 0 Å². The van der Waals surface area contributed by atoms with E-state index in [9.17, 15) is 14.2 Å². The highest BCUT2D eigenvalue weighted by Gasteiger charge is 2.41. The summed E-state index contributed by atoms with van der Waals surface area (Å²) in [6, 6.07) is 13.0. The van der Waals surface area contributed by atoms with E-state index in [1.807, 2.05) is 16.7 Å². The Bertz CT molecular complexity index is 1420. The van der Waals surface area contributed by atoms with Gasteiger partial charge >= 0.3 is 7.82 Å². The molecule has 1 unspecified atom stereocenters. The van der Waals surface area contributed by atoms with Crippen molar-refractivity contribution in [2.45, 2.75) is 71.8 Å². The SMILES string of the molecule is CCCCCOP(=O)(OCCCCC)Oc1cccc2c1C(=O)c1cn3c(c1C2=O)C(C)c1ccccc1C3. The maximum atomic E-state index is 13.9. The number of hydrogen-bond acceptors (Lipinski definition) is 6. The number of phosphoric ester groups is 1. The summed E-state index contributed by atoms with van der Waals surface area (Å²) in [6.07, 6.45) is 7.03. The van der Waals surface area contributed by atoms with Gasteiger partial charge in [-0.25, -0.2) is 4.57 Å². The lowest BCUT2D eigenvalue weighted by molar-refractivity contribution is 0.0975. The number of carbonyl (C=O) groups excluding carboxylic acids is 2. The van der Waals surface area contributed by atoms with Crippen molar-refractivity contribution in [1.29, 1.82) is 0 Å². The number of benzene rings is 2. The predicted molar refractivity (Wildman–Crippen MR) is 150 cm³/mol. The number of nitrogens with zero attached hydrogens (tertiary/aromatic N) is 1. The molecular weight excluding hydrogens is 513 g/mol.